The molecule has 17 heavy (non-hydrogen) atoms. The zero-order chi connectivity index (χ0) is 11.9. The minimum absolute atomic E-state index is 0.851. The Morgan fingerprint density at radius 2 is 2.29 bits per heavy atom. The molecule has 1 aliphatic rings. The van der Waals surface area contributed by atoms with Crippen LogP contribution in [0.5, 0.6) is 0 Å². The third-order valence-electron chi connectivity index (χ3n) is 3.19. The van der Waals surface area contributed by atoms with Gasteiger partial charge in [-0.25, -0.2) is 9.67 Å². The summed E-state index contributed by atoms with van der Waals surface area (Å²) in [4.78, 5) is 4.30. The third-order valence-corrected chi connectivity index (χ3v) is 4.24. The monoisotopic (exact) mass is 254 g/mol. The van der Waals surface area contributed by atoms with Crippen LogP contribution in [0.1, 0.15) is 32.0 Å². The summed E-state index contributed by atoms with van der Waals surface area (Å²) in [6, 6.07) is 0. The van der Waals surface area contributed by atoms with Crippen LogP contribution in [-0.2, 0) is 13.1 Å². The summed E-state index contributed by atoms with van der Waals surface area (Å²) in [6.07, 6.45) is 5.48. The second kappa shape index (κ2) is 7.01. The van der Waals surface area contributed by atoms with E-state index in [1.807, 2.05) is 4.68 Å². The van der Waals surface area contributed by atoms with Crippen LogP contribution >= 0.6 is 11.8 Å². The van der Waals surface area contributed by atoms with Gasteiger partial charge in [-0.05, 0) is 43.2 Å². The Morgan fingerprint density at radius 1 is 1.47 bits per heavy atom. The highest BCUT2D eigenvalue weighted by Gasteiger charge is 2.13. The van der Waals surface area contributed by atoms with Crippen molar-refractivity contribution in [3.63, 3.8) is 0 Å². The van der Waals surface area contributed by atoms with E-state index < -0.39 is 0 Å². The lowest BCUT2D eigenvalue weighted by atomic mass is 10.0. The summed E-state index contributed by atoms with van der Waals surface area (Å²) in [5.74, 6) is 4.59. The van der Waals surface area contributed by atoms with E-state index >= 15 is 0 Å². The summed E-state index contributed by atoms with van der Waals surface area (Å²) in [7, 11) is 0. The van der Waals surface area contributed by atoms with Gasteiger partial charge in [0.05, 0.1) is 6.54 Å². The van der Waals surface area contributed by atoms with Gasteiger partial charge in [-0.15, -0.1) is 0 Å². The average molecular weight is 254 g/mol. The molecular weight excluding hydrogens is 232 g/mol. The molecule has 1 saturated heterocycles. The third kappa shape index (κ3) is 4.00. The summed E-state index contributed by atoms with van der Waals surface area (Å²) in [5.41, 5.74) is 0. The normalized spacial score (nSPS) is 17.5. The molecule has 0 saturated carbocycles. The fraction of sp³-hybridized carbons (Fsp3) is 0.833. The Kier molecular flexibility index (Phi) is 5.32. The lowest BCUT2D eigenvalue weighted by molar-refractivity contribution is 0.437. The number of hydrogen-bond acceptors (Lipinski definition) is 4. The quantitative estimate of drug-likeness (QED) is 0.842. The molecule has 1 aromatic rings. The number of hydrogen-bond donors (Lipinski definition) is 1. The number of aryl methyl sites for hydroxylation is 1. The second-order valence-electron chi connectivity index (χ2n) is 4.59. The Labute approximate surface area is 108 Å². The van der Waals surface area contributed by atoms with Crippen molar-refractivity contribution in [2.75, 3.05) is 18.1 Å². The lowest BCUT2D eigenvalue weighted by Gasteiger charge is -2.21. The fourth-order valence-electron chi connectivity index (χ4n) is 2.16. The van der Waals surface area contributed by atoms with E-state index in [1.165, 1.54) is 24.3 Å². The van der Waals surface area contributed by atoms with Crippen molar-refractivity contribution in [2.24, 2.45) is 5.92 Å². The SMILES string of the molecule is CCCn1ncnc1CNCC1CCSCC1. The molecule has 2 rings (SSSR count). The summed E-state index contributed by atoms with van der Waals surface area (Å²) in [6.45, 7) is 5.11. The Morgan fingerprint density at radius 3 is 3.06 bits per heavy atom. The standard InChI is InChI=1S/C12H22N4S/c1-2-5-16-12(14-10-15-16)9-13-8-11-3-6-17-7-4-11/h10-11,13H,2-9H2,1H3. The Hall–Kier alpha value is -0.550. The molecule has 0 unspecified atom stereocenters. The average Bonchev–Trinajstić information content (AvgIpc) is 2.79. The maximum atomic E-state index is 4.30. The molecule has 0 bridgehead atoms. The highest BCUT2D eigenvalue weighted by molar-refractivity contribution is 7.99. The van der Waals surface area contributed by atoms with Crippen molar-refractivity contribution in [3.8, 4) is 0 Å². The van der Waals surface area contributed by atoms with Crippen LogP contribution in [0.4, 0.5) is 0 Å². The first-order valence-corrected chi connectivity index (χ1v) is 7.70. The molecule has 0 radical (unpaired) electrons. The van der Waals surface area contributed by atoms with Crippen molar-refractivity contribution in [1.82, 2.24) is 20.1 Å². The van der Waals surface area contributed by atoms with Gasteiger partial charge in [-0.3, -0.25) is 0 Å². The van der Waals surface area contributed by atoms with Gasteiger partial charge >= 0.3 is 0 Å². The smallest absolute Gasteiger partial charge is 0.140 e. The van der Waals surface area contributed by atoms with Crippen molar-refractivity contribution in [2.45, 2.75) is 39.3 Å². The van der Waals surface area contributed by atoms with Crippen LogP contribution in [0.3, 0.4) is 0 Å². The van der Waals surface area contributed by atoms with E-state index in [2.05, 4.69) is 34.1 Å². The molecule has 1 aliphatic heterocycles. The molecule has 5 heteroatoms. The van der Waals surface area contributed by atoms with Gasteiger partial charge in [-0.1, -0.05) is 6.92 Å². The molecule has 0 amide bonds. The van der Waals surface area contributed by atoms with Crippen molar-refractivity contribution in [1.29, 1.82) is 0 Å². The van der Waals surface area contributed by atoms with Gasteiger partial charge in [0.25, 0.3) is 0 Å². The summed E-state index contributed by atoms with van der Waals surface area (Å²) >= 11 is 2.08. The fourth-order valence-corrected chi connectivity index (χ4v) is 3.37. The van der Waals surface area contributed by atoms with Crippen LogP contribution in [0.2, 0.25) is 0 Å². The molecule has 0 spiro atoms. The number of rotatable bonds is 6. The van der Waals surface area contributed by atoms with E-state index in [-0.39, 0.29) is 0 Å². The summed E-state index contributed by atoms with van der Waals surface area (Å²) < 4.78 is 2.00. The van der Waals surface area contributed by atoms with Crippen LogP contribution in [-0.4, -0.2) is 32.8 Å². The van der Waals surface area contributed by atoms with Crippen LogP contribution < -0.4 is 5.32 Å². The van der Waals surface area contributed by atoms with E-state index in [0.29, 0.717) is 0 Å². The molecular formula is C12H22N4S. The largest absolute Gasteiger partial charge is 0.310 e. The molecule has 1 fully saturated rings. The molecule has 4 nitrogen and oxygen atoms in total. The molecule has 96 valence electrons. The van der Waals surface area contributed by atoms with Gasteiger partial charge in [0, 0.05) is 6.54 Å². The number of nitrogens with zero attached hydrogens (tertiary/aromatic N) is 3. The predicted octanol–water partition coefficient (Wildman–Crippen LogP) is 1.92. The zero-order valence-corrected chi connectivity index (χ0v) is 11.4. The van der Waals surface area contributed by atoms with Gasteiger partial charge in [0.15, 0.2) is 0 Å². The number of thioether (sulfide) groups is 1. The first kappa shape index (κ1) is 12.9. The Balaban J connectivity index is 1.71. The van der Waals surface area contributed by atoms with E-state index in [0.717, 1.165) is 37.8 Å². The van der Waals surface area contributed by atoms with Gasteiger partial charge < -0.3 is 5.32 Å². The van der Waals surface area contributed by atoms with Crippen LogP contribution in [0, 0.1) is 5.92 Å². The van der Waals surface area contributed by atoms with Gasteiger partial charge in [0.1, 0.15) is 12.2 Å². The van der Waals surface area contributed by atoms with Crippen molar-refractivity contribution < 1.29 is 0 Å². The molecule has 1 aromatic heterocycles. The van der Waals surface area contributed by atoms with Gasteiger partial charge in [0.2, 0.25) is 0 Å². The molecule has 2 heterocycles. The lowest BCUT2D eigenvalue weighted by Crippen LogP contribution is -2.26. The molecule has 0 aliphatic carbocycles. The van der Waals surface area contributed by atoms with Crippen LogP contribution in [0.25, 0.3) is 0 Å². The highest BCUT2D eigenvalue weighted by atomic mass is 32.2. The zero-order valence-electron chi connectivity index (χ0n) is 10.6. The minimum atomic E-state index is 0.851. The van der Waals surface area contributed by atoms with E-state index in [1.54, 1.807) is 6.33 Å². The predicted molar refractivity (Wildman–Crippen MR) is 72.1 cm³/mol. The number of nitrogens with one attached hydrogen (secondary N) is 1. The van der Waals surface area contributed by atoms with Crippen molar-refractivity contribution in [3.05, 3.63) is 12.2 Å². The first-order chi connectivity index (χ1) is 8.40. The summed E-state index contributed by atoms with van der Waals surface area (Å²) in [5, 5.41) is 7.76. The minimum Gasteiger partial charge on any atom is -0.310 e. The number of aromatic nitrogens is 3. The van der Waals surface area contributed by atoms with Crippen LogP contribution in [0.15, 0.2) is 6.33 Å². The maximum Gasteiger partial charge on any atom is 0.140 e. The van der Waals surface area contributed by atoms with Crippen molar-refractivity contribution >= 4 is 11.8 Å². The Bertz CT molecular complexity index is 320. The van der Waals surface area contributed by atoms with E-state index in [4.69, 9.17) is 0 Å². The molecule has 0 aromatic carbocycles. The maximum absolute atomic E-state index is 4.30. The topological polar surface area (TPSA) is 42.7 Å². The molecule has 1 N–H and O–H groups in total. The first-order valence-electron chi connectivity index (χ1n) is 6.55. The second-order valence-corrected chi connectivity index (χ2v) is 5.81. The highest BCUT2D eigenvalue weighted by Crippen LogP contribution is 2.21. The molecule has 0 atom stereocenters. The van der Waals surface area contributed by atoms with E-state index in [9.17, 15) is 0 Å². The van der Waals surface area contributed by atoms with Gasteiger partial charge in [-0.2, -0.15) is 16.9 Å².